The Bertz CT molecular complexity index is 327. The van der Waals surface area contributed by atoms with Gasteiger partial charge in [-0.05, 0) is 17.0 Å². The smallest absolute Gasteiger partial charge is 0.332 e. The first kappa shape index (κ1) is 11.7. The van der Waals surface area contributed by atoms with Crippen LogP contribution >= 0.6 is 0 Å². The third-order valence-electron chi connectivity index (χ3n) is 2.36. The number of benzene rings is 1. The number of rotatable bonds is 4. The summed E-state index contributed by atoms with van der Waals surface area (Å²) in [7, 11) is 0. The Kier molecular flexibility index (Phi) is 3.86. The lowest BCUT2D eigenvalue weighted by molar-refractivity contribution is -0.146. The summed E-state index contributed by atoms with van der Waals surface area (Å²) >= 11 is 0. The molecule has 0 aliphatic heterocycles. The van der Waals surface area contributed by atoms with E-state index in [0.717, 1.165) is 5.56 Å². The zero-order chi connectivity index (χ0) is 11.4. The highest BCUT2D eigenvalue weighted by Crippen LogP contribution is 2.15. The van der Waals surface area contributed by atoms with Crippen LogP contribution in [-0.4, -0.2) is 22.3 Å². The zero-order valence-electron chi connectivity index (χ0n) is 8.97. The van der Waals surface area contributed by atoms with Crippen LogP contribution in [0.15, 0.2) is 24.3 Å². The molecule has 82 valence electrons. The van der Waals surface area contributed by atoms with Crippen LogP contribution in [0.3, 0.4) is 0 Å². The molecule has 3 heteroatoms. The molecular weight excluding hydrogens is 192 g/mol. The lowest BCUT2D eigenvalue weighted by Crippen LogP contribution is -2.21. The molecule has 0 saturated heterocycles. The van der Waals surface area contributed by atoms with Gasteiger partial charge in [-0.25, -0.2) is 4.79 Å². The van der Waals surface area contributed by atoms with Gasteiger partial charge in [-0.1, -0.05) is 38.1 Å². The predicted molar refractivity (Wildman–Crippen MR) is 57.9 cm³/mol. The maximum absolute atomic E-state index is 10.4. The monoisotopic (exact) mass is 208 g/mol. The second-order valence-electron chi connectivity index (χ2n) is 3.95. The summed E-state index contributed by atoms with van der Waals surface area (Å²) in [5, 5.41) is 17.7. The van der Waals surface area contributed by atoms with Crippen molar-refractivity contribution in [1.82, 2.24) is 0 Å². The summed E-state index contributed by atoms with van der Waals surface area (Å²) in [5.74, 6) is -0.716. The molecule has 0 aromatic heterocycles. The van der Waals surface area contributed by atoms with Gasteiger partial charge in [-0.3, -0.25) is 0 Å². The van der Waals surface area contributed by atoms with Crippen molar-refractivity contribution in [3.63, 3.8) is 0 Å². The van der Waals surface area contributed by atoms with E-state index in [1.54, 1.807) is 0 Å². The highest BCUT2D eigenvalue weighted by atomic mass is 16.4. The first-order valence-electron chi connectivity index (χ1n) is 5.00. The number of carboxylic acids is 1. The van der Waals surface area contributed by atoms with Gasteiger partial charge in [-0.2, -0.15) is 0 Å². The number of hydrogen-bond donors (Lipinski definition) is 2. The molecule has 0 bridgehead atoms. The van der Waals surface area contributed by atoms with Gasteiger partial charge in [0.15, 0.2) is 6.10 Å². The van der Waals surface area contributed by atoms with Gasteiger partial charge in [0, 0.05) is 6.42 Å². The number of hydrogen-bond acceptors (Lipinski definition) is 2. The van der Waals surface area contributed by atoms with Gasteiger partial charge in [0.1, 0.15) is 0 Å². The van der Waals surface area contributed by atoms with Crippen LogP contribution in [0.1, 0.15) is 30.9 Å². The summed E-state index contributed by atoms with van der Waals surface area (Å²) in [6.45, 7) is 4.20. The molecule has 1 atom stereocenters. The molecule has 2 N–H and O–H groups in total. The van der Waals surface area contributed by atoms with Crippen LogP contribution in [0.25, 0.3) is 0 Å². The Morgan fingerprint density at radius 3 is 2.20 bits per heavy atom. The van der Waals surface area contributed by atoms with Crippen molar-refractivity contribution in [2.24, 2.45) is 0 Å². The SMILES string of the molecule is CC(C)c1ccc(CC(O)C(=O)O)cc1. The number of aliphatic carboxylic acids is 1. The molecule has 0 heterocycles. The maximum Gasteiger partial charge on any atom is 0.332 e. The van der Waals surface area contributed by atoms with Crippen LogP contribution in [-0.2, 0) is 11.2 Å². The average molecular weight is 208 g/mol. The largest absolute Gasteiger partial charge is 0.479 e. The van der Waals surface area contributed by atoms with Gasteiger partial charge < -0.3 is 10.2 Å². The molecule has 3 nitrogen and oxygen atoms in total. The average Bonchev–Trinajstić information content (AvgIpc) is 2.18. The summed E-state index contributed by atoms with van der Waals surface area (Å²) < 4.78 is 0. The molecule has 0 spiro atoms. The Hall–Kier alpha value is -1.35. The van der Waals surface area contributed by atoms with Crippen molar-refractivity contribution in [3.05, 3.63) is 35.4 Å². The summed E-state index contributed by atoms with van der Waals surface area (Å²) in [4.78, 5) is 10.4. The van der Waals surface area contributed by atoms with Crippen molar-refractivity contribution in [2.45, 2.75) is 32.3 Å². The topological polar surface area (TPSA) is 57.5 Å². The van der Waals surface area contributed by atoms with E-state index in [1.807, 2.05) is 24.3 Å². The minimum atomic E-state index is -1.31. The van der Waals surface area contributed by atoms with Gasteiger partial charge in [-0.15, -0.1) is 0 Å². The Labute approximate surface area is 89.4 Å². The van der Waals surface area contributed by atoms with Crippen LogP contribution in [0, 0.1) is 0 Å². The Morgan fingerprint density at radius 2 is 1.80 bits per heavy atom. The summed E-state index contributed by atoms with van der Waals surface area (Å²) in [6, 6.07) is 7.66. The van der Waals surface area contributed by atoms with Crippen molar-refractivity contribution in [1.29, 1.82) is 0 Å². The molecule has 0 amide bonds. The molecular formula is C12H16O3. The van der Waals surface area contributed by atoms with E-state index in [4.69, 9.17) is 10.2 Å². The minimum Gasteiger partial charge on any atom is -0.479 e. The summed E-state index contributed by atoms with van der Waals surface area (Å²) in [6.07, 6.45) is -1.15. The molecule has 0 saturated carbocycles. The van der Waals surface area contributed by atoms with Crippen molar-refractivity contribution in [2.75, 3.05) is 0 Å². The fraction of sp³-hybridized carbons (Fsp3) is 0.417. The van der Waals surface area contributed by atoms with E-state index in [9.17, 15) is 4.79 Å². The van der Waals surface area contributed by atoms with E-state index in [-0.39, 0.29) is 6.42 Å². The third kappa shape index (κ3) is 3.36. The fourth-order valence-electron chi connectivity index (χ4n) is 1.35. The molecule has 1 aromatic rings. The second kappa shape index (κ2) is 4.94. The highest BCUT2D eigenvalue weighted by Gasteiger charge is 2.13. The first-order chi connectivity index (χ1) is 7.00. The molecule has 1 rings (SSSR count). The highest BCUT2D eigenvalue weighted by molar-refractivity contribution is 5.72. The molecule has 1 unspecified atom stereocenters. The van der Waals surface area contributed by atoms with Gasteiger partial charge in [0.2, 0.25) is 0 Å². The number of aliphatic hydroxyl groups excluding tert-OH is 1. The van der Waals surface area contributed by atoms with Crippen LogP contribution in [0.5, 0.6) is 0 Å². The lowest BCUT2D eigenvalue weighted by Gasteiger charge is -2.08. The van der Waals surface area contributed by atoms with Crippen molar-refractivity contribution < 1.29 is 15.0 Å². The van der Waals surface area contributed by atoms with Crippen LogP contribution in [0.2, 0.25) is 0 Å². The normalized spacial score (nSPS) is 12.8. The van der Waals surface area contributed by atoms with E-state index in [2.05, 4.69) is 13.8 Å². The van der Waals surface area contributed by atoms with Crippen LogP contribution < -0.4 is 0 Å². The number of carboxylic acid groups (broad SMARTS) is 1. The van der Waals surface area contributed by atoms with Gasteiger partial charge >= 0.3 is 5.97 Å². The van der Waals surface area contributed by atoms with Gasteiger partial charge in [0.25, 0.3) is 0 Å². The molecule has 15 heavy (non-hydrogen) atoms. The molecule has 0 fully saturated rings. The molecule has 0 radical (unpaired) electrons. The third-order valence-corrected chi connectivity index (χ3v) is 2.36. The van der Waals surface area contributed by atoms with E-state index in [1.165, 1.54) is 5.56 Å². The lowest BCUT2D eigenvalue weighted by atomic mass is 10.00. The molecule has 1 aromatic carbocycles. The second-order valence-corrected chi connectivity index (χ2v) is 3.95. The first-order valence-corrected chi connectivity index (χ1v) is 5.00. The van der Waals surface area contributed by atoms with E-state index in [0.29, 0.717) is 5.92 Å². The fourth-order valence-corrected chi connectivity index (χ4v) is 1.35. The number of aliphatic hydroxyl groups is 1. The molecule has 0 aliphatic rings. The zero-order valence-corrected chi connectivity index (χ0v) is 8.97. The number of carbonyl (C=O) groups is 1. The quantitative estimate of drug-likeness (QED) is 0.793. The molecule has 0 aliphatic carbocycles. The van der Waals surface area contributed by atoms with Crippen molar-refractivity contribution in [3.8, 4) is 0 Å². The van der Waals surface area contributed by atoms with Crippen LogP contribution in [0.4, 0.5) is 0 Å². The predicted octanol–water partition coefficient (Wildman–Crippen LogP) is 1.80. The van der Waals surface area contributed by atoms with Crippen molar-refractivity contribution >= 4 is 5.97 Å². The standard InChI is InChI=1S/C12H16O3/c1-8(2)10-5-3-9(4-6-10)7-11(13)12(14)15/h3-6,8,11,13H,7H2,1-2H3,(H,14,15). The summed E-state index contributed by atoms with van der Waals surface area (Å²) in [5.41, 5.74) is 2.05. The maximum atomic E-state index is 10.4. The van der Waals surface area contributed by atoms with Gasteiger partial charge in [0.05, 0.1) is 0 Å². The Balaban J connectivity index is 2.68. The minimum absolute atomic E-state index is 0.160. The van der Waals surface area contributed by atoms with E-state index < -0.39 is 12.1 Å². The Morgan fingerprint density at radius 1 is 1.27 bits per heavy atom. The van der Waals surface area contributed by atoms with E-state index >= 15 is 0 Å².